The maximum atomic E-state index is 11.3. The second-order valence-electron chi connectivity index (χ2n) is 4.38. The number of nitrogens with one attached hydrogen (secondary N) is 1. The zero-order chi connectivity index (χ0) is 13.0. The molecule has 0 aromatic carbocycles. The lowest BCUT2D eigenvalue weighted by Gasteiger charge is -2.40. The van der Waals surface area contributed by atoms with Crippen LogP contribution >= 0.6 is 11.8 Å². The van der Waals surface area contributed by atoms with Gasteiger partial charge in [0.05, 0.1) is 19.5 Å². The highest BCUT2D eigenvalue weighted by molar-refractivity contribution is 8.00. The summed E-state index contributed by atoms with van der Waals surface area (Å²) in [6, 6.07) is 0. The fraction of sp³-hybridized carbons (Fsp3) is 0.583. The molecule has 0 saturated heterocycles. The number of rotatable bonds is 5. The minimum absolute atomic E-state index is 0.231. The van der Waals surface area contributed by atoms with Crippen molar-refractivity contribution in [1.29, 1.82) is 0 Å². The van der Waals surface area contributed by atoms with Gasteiger partial charge in [-0.2, -0.15) is 11.8 Å². The van der Waals surface area contributed by atoms with E-state index in [1.807, 2.05) is 11.8 Å². The van der Waals surface area contributed by atoms with Gasteiger partial charge >= 0.3 is 5.97 Å². The zero-order valence-electron chi connectivity index (χ0n) is 10.6. The number of aromatic nitrogens is 2. The highest BCUT2D eigenvalue weighted by Crippen LogP contribution is 2.42. The Hall–Kier alpha value is -1.30. The minimum Gasteiger partial charge on any atom is -0.464 e. The smallest absolute Gasteiger partial charge is 0.358 e. The Kier molecular flexibility index (Phi) is 4.06. The van der Waals surface area contributed by atoms with Gasteiger partial charge in [-0.1, -0.05) is 6.42 Å². The van der Waals surface area contributed by atoms with E-state index in [-0.39, 0.29) is 5.69 Å². The van der Waals surface area contributed by atoms with Crippen molar-refractivity contribution >= 4 is 23.5 Å². The van der Waals surface area contributed by atoms with E-state index >= 15 is 0 Å². The molecule has 1 aliphatic rings. The molecule has 0 spiro atoms. The van der Waals surface area contributed by atoms with Crippen LogP contribution in [0.2, 0.25) is 0 Å². The fourth-order valence-corrected chi connectivity index (χ4v) is 2.84. The zero-order valence-corrected chi connectivity index (χ0v) is 11.4. The van der Waals surface area contributed by atoms with Gasteiger partial charge in [-0.05, 0) is 19.1 Å². The van der Waals surface area contributed by atoms with Crippen LogP contribution in [-0.4, -0.2) is 40.6 Å². The molecular formula is C12H17N3O2S. The molecule has 1 saturated carbocycles. The Morgan fingerprint density at radius 3 is 2.89 bits per heavy atom. The summed E-state index contributed by atoms with van der Waals surface area (Å²) in [4.78, 5) is 19.5. The van der Waals surface area contributed by atoms with E-state index < -0.39 is 5.97 Å². The summed E-state index contributed by atoms with van der Waals surface area (Å²) in [6.07, 6.45) is 8.91. The molecule has 0 amide bonds. The van der Waals surface area contributed by atoms with E-state index in [0.29, 0.717) is 10.6 Å². The van der Waals surface area contributed by atoms with E-state index in [0.717, 1.165) is 6.54 Å². The Bertz CT molecular complexity index is 430. The van der Waals surface area contributed by atoms with Crippen LogP contribution in [0.1, 0.15) is 29.8 Å². The molecule has 0 atom stereocenters. The topological polar surface area (TPSA) is 64.1 Å². The molecule has 1 fully saturated rings. The molecule has 1 aromatic rings. The maximum Gasteiger partial charge on any atom is 0.358 e. The van der Waals surface area contributed by atoms with Crippen LogP contribution in [-0.2, 0) is 4.74 Å². The lowest BCUT2D eigenvalue weighted by atomic mass is 9.84. The molecule has 0 aliphatic heterocycles. The Labute approximate surface area is 111 Å². The van der Waals surface area contributed by atoms with Crippen molar-refractivity contribution in [1.82, 2.24) is 9.97 Å². The van der Waals surface area contributed by atoms with Crippen molar-refractivity contribution in [2.24, 2.45) is 0 Å². The minimum atomic E-state index is -0.464. The predicted molar refractivity (Wildman–Crippen MR) is 72.0 cm³/mol. The normalized spacial score (nSPS) is 16.8. The van der Waals surface area contributed by atoms with Gasteiger partial charge in [-0.25, -0.2) is 9.78 Å². The lowest BCUT2D eigenvalue weighted by Crippen LogP contribution is -2.40. The number of anilines is 1. The van der Waals surface area contributed by atoms with Gasteiger partial charge in [0, 0.05) is 11.3 Å². The van der Waals surface area contributed by atoms with Crippen molar-refractivity contribution in [3.63, 3.8) is 0 Å². The number of methoxy groups -OCH3 is 1. The monoisotopic (exact) mass is 267 g/mol. The van der Waals surface area contributed by atoms with E-state index in [4.69, 9.17) is 0 Å². The van der Waals surface area contributed by atoms with Gasteiger partial charge in [0.25, 0.3) is 0 Å². The first-order valence-electron chi connectivity index (χ1n) is 5.88. The molecule has 98 valence electrons. The van der Waals surface area contributed by atoms with Gasteiger partial charge in [0.2, 0.25) is 0 Å². The number of nitrogens with zero attached hydrogens (tertiary/aromatic N) is 2. The van der Waals surface area contributed by atoms with Crippen LogP contribution in [0, 0.1) is 0 Å². The van der Waals surface area contributed by atoms with Crippen molar-refractivity contribution in [3.05, 3.63) is 18.1 Å². The molecule has 1 aliphatic carbocycles. The molecule has 0 radical (unpaired) electrons. The molecule has 0 bridgehead atoms. The van der Waals surface area contributed by atoms with Crippen LogP contribution in [0.5, 0.6) is 0 Å². The Morgan fingerprint density at radius 2 is 2.33 bits per heavy atom. The molecule has 1 aromatic heterocycles. The fourth-order valence-electron chi connectivity index (χ4n) is 1.93. The first-order valence-corrected chi connectivity index (χ1v) is 7.11. The second-order valence-corrected chi connectivity index (χ2v) is 5.65. The predicted octanol–water partition coefficient (Wildman–Crippen LogP) is 1.96. The van der Waals surface area contributed by atoms with Crippen LogP contribution in [0.25, 0.3) is 0 Å². The number of carbonyl (C=O) groups excluding carboxylic acids is 1. The first-order chi connectivity index (χ1) is 8.69. The van der Waals surface area contributed by atoms with Crippen molar-refractivity contribution in [3.8, 4) is 0 Å². The molecule has 1 heterocycles. The molecule has 0 unspecified atom stereocenters. The molecule has 18 heavy (non-hydrogen) atoms. The van der Waals surface area contributed by atoms with Crippen molar-refractivity contribution < 1.29 is 9.53 Å². The highest BCUT2D eigenvalue weighted by Gasteiger charge is 2.35. The summed E-state index contributed by atoms with van der Waals surface area (Å²) in [7, 11) is 1.33. The maximum absolute atomic E-state index is 11.3. The summed E-state index contributed by atoms with van der Waals surface area (Å²) in [6.45, 7) is 0.855. The molecule has 5 nitrogen and oxygen atoms in total. The first kappa shape index (κ1) is 13.1. The summed E-state index contributed by atoms with van der Waals surface area (Å²) < 4.78 is 4.94. The molecule has 1 N–H and O–H groups in total. The van der Waals surface area contributed by atoms with Gasteiger partial charge in [-0.15, -0.1) is 0 Å². The van der Waals surface area contributed by atoms with E-state index in [9.17, 15) is 4.79 Å². The summed E-state index contributed by atoms with van der Waals surface area (Å²) in [5, 5.41) is 3.26. The summed E-state index contributed by atoms with van der Waals surface area (Å²) in [5.74, 6) is 0.160. The van der Waals surface area contributed by atoms with Gasteiger partial charge in [0.15, 0.2) is 5.69 Å². The number of esters is 1. The van der Waals surface area contributed by atoms with Crippen molar-refractivity contribution in [2.45, 2.75) is 24.0 Å². The third kappa shape index (κ3) is 2.75. The molecular weight excluding hydrogens is 250 g/mol. The Balaban J connectivity index is 1.99. The third-order valence-corrected chi connectivity index (χ3v) is 4.74. The van der Waals surface area contributed by atoms with E-state index in [1.54, 1.807) is 6.20 Å². The molecule has 6 heteroatoms. The highest BCUT2D eigenvalue weighted by atomic mass is 32.2. The third-order valence-electron chi connectivity index (χ3n) is 3.32. The number of hydrogen-bond acceptors (Lipinski definition) is 6. The van der Waals surface area contributed by atoms with Crippen LogP contribution in [0.4, 0.5) is 5.82 Å². The standard InChI is InChI=1S/C12H17N3O2S/c1-17-11(16)9-6-13-7-10(15-9)14-8-12(18-2)4-3-5-12/h6-7H,3-5,8H2,1-2H3,(H,14,15). The summed E-state index contributed by atoms with van der Waals surface area (Å²) in [5.41, 5.74) is 0.231. The average molecular weight is 267 g/mol. The quantitative estimate of drug-likeness (QED) is 0.823. The lowest BCUT2D eigenvalue weighted by molar-refractivity contribution is 0.0593. The van der Waals surface area contributed by atoms with Crippen LogP contribution in [0.3, 0.4) is 0 Å². The largest absolute Gasteiger partial charge is 0.464 e. The number of ether oxygens (including phenoxy) is 1. The number of carbonyl (C=O) groups is 1. The second kappa shape index (κ2) is 5.56. The molecule has 2 rings (SSSR count). The van der Waals surface area contributed by atoms with Gasteiger partial charge < -0.3 is 10.1 Å². The van der Waals surface area contributed by atoms with Gasteiger partial charge in [0.1, 0.15) is 5.82 Å². The van der Waals surface area contributed by atoms with Gasteiger partial charge in [-0.3, -0.25) is 4.98 Å². The number of thioether (sulfide) groups is 1. The van der Waals surface area contributed by atoms with Crippen LogP contribution in [0.15, 0.2) is 12.4 Å². The van der Waals surface area contributed by atoms with E-state index in [2.05, 4.69) is 26.3 Å². The SMILES string of the molecule is COC(=O)c1cncc(NCC2(SC)CCC2)n1. The average Bonchev–Trinajstić information content (AvgIpc) is 2.37. The Morgan fingerprint density at radius 1 is 1.56 bits per heavy atom. The van der Waals surface area contributed by atoms with Crippen LogP contribution < -0.4 is 5.32 Å². The summed E-state index contributed by atoms with van der Waals surface area (Å²) >= 11 is 1.89. The number of hydrogen-bond donors (Lipinski definition) is 1. The van der Waals surface area contributed by atoms with Crippen molar-refractivity contribution in [2.75, 3.05) is 25.2 Å². The van der Waals surface area contributed by atoms with E-state index in [1.165, 1.54) is 32.6 Å².